The molecule has 0 bridgehead atoms. The molecule has 0 heterocycles. The fourth-order valence-electron chi connectivity index (χ4n) is 1.82. The second kappa shape index (κ2) is 6.83. The van der Waals surface area contributed by atoms with Gasteiger partial charge in [0, 0.05) is 10.6 Å². The average molecular weight is 383 g/mol. The van der Waals surface area contributed by atoms with Gasteiger partial charge in [0.25, 0.3) is 0 Å². The van der Waals surface area contributed by atoms with Crippen LogP contribution in [0.5, 0.6) is 5.75 Å². The van der Waals surface area contributed by atoms with E-state index in [1.165, 1.54) is 18.2 Å². The van der Waals surface area contributed by atoms with Crippen molar-refractivity contribution in [3.63, 3.8) is 0 Å². The Hall–Kier alpha value is -2.42. The zero-order chi connectivity index (χ0) is 18.8. The highest BCUT2D eigenvalue weighted by Crippen LogP contribution is 2.37. The van der Waals surface area contributed by atoms with Crippen molar-refractivity contribution in [1.82, 2.24) is 0 Å². The fourth-order valence-corrected chi connectivity index (χ4v) is 2.01. The first-order chi connectivity index (χ1) is 11.5. The number of nitrogens with zero attached hydrogens (tertiary/aromatic N) is 1. The summed E-state index contributed by atoms with van der Waals surface area (Å²) in [7, 11) is 0. The second-order valence-electron chi connectivity index (χ2n) is 4.87. The minimum Gasteiger partial charge on any atom is -0.507 e. The first-order valence-corrected chi connectivity index (χ1v) is 6.92. The number of hydrogen-bond donors (Lipinski definition) is 2. The zero-order valence-corrected chi connectivity index (χ0v) is 12.8. The predicted octanol–water partition coefficient (Wildman–Crippen LogP) is 5.53. The van der Waals surface area contributed by atoms with Crippen LogP contribution in [-0.2, 0) is 12.4 Å². The number of nitrogens with one attached hydrogen (secondary N) is 1. The minimum atomic E-state index is -4.95. The highest BCUT2D eigenvalue weighted by Gasteiger charge is 2.36. The van der Waals surface area contributed by atoms with E-state index in [0.29, 0.717) is 12.1 Å². The SMILES string of the molecule is Oc1ccc(Cl)cc1/C=N/Nc1cc(C(F)(F)F)cc(C(F)(F)F)c1. The molecule has 0 aliphatic carbocycles. The average Bonchev–Trinajstić information content (AvgIpc) is 2.49. The summed E-state index contributed by atoms with van der Waals surface area (Å²) in [6.45, 7) is 0. The minimum absolute atomic E-state index is 0.0116. The van der Waals surface area contributed by atoms with E-state index in [0.717, 1.165) is 6.21 Å². The van der Waals surface area contributed by atoms with Crippen LogP contribution < -0.4 is 5.43 Å². The number of hydrazone groups is 1. The van der Waals surface area contributed by atoms with Crippen LogP contribution in [0.2, 0.25) is 5.02 Å². The summed E-state index contributed by atoms with van der Waals surface area (Å²) >= 11 is 5.71. The summed E-state index contributed by atoms with van der Waals surface area (Å²) in [5.41, 5.74) is -1.24. The van der Waals surface area contributed by atoms with Gasteiger partial charge in [-0.1, -0.05) is 11.6 Å². The maximum absolute atomic E-state index is 12.7. The molecule has 10 heteroatoms. The van der Waals surface area contributed by atoms with Gasteiger partial charge in [-0.25, -0.2) is 0 Å². The lowest BCUT2D eigenvalue weighted by Crippen LogP contribution is -2.11. The summed E-state index contributed by atoms with van der Waals surface area (Å²) < 4.78 is 76.4. The molecule has 25 heavy (non-hydrogen) atoms. The summed E-state index contributed by atoms with van der Waals surface area (Å²) in [5.74, 6) is -0.213. The molecule has 0 saturated heterocycles. The quantitative estimate of drug-likeness (QED) is 0.416. The van der Waals surface area contributed by atoms with E-state index in [2.05, 4.69) is 10.5 Å². The van der Waals surface area contributed by atoms with Crippen LogP contribution in [0.1, 0.15) is 16.7 Å². The standard InChI is InChI=1S/C15H9ClF6N2O/c16-11-1-2-13(25)8(3-11)7-23-24-12-5-9(14(17,18)19)4-10(6-12)15(20,21)22/h1-7,24-25H/b23-7+. The van der Waals surface area contributed by atoms with Crippen LogP contribution >= 0.6 is 11.6 Å². The number of halogens is 7. The lowest BCUT2D eigenvalue weighted by Gasteiger charge is -2.13. The molecule has 0 radical (unpaired) electrons. The molecule has 2 aromatic carbocycles. The van der Waals surface area contributed by atoms with Crippen molar-refractivity contribution in [2.24, 2.45) is 5.10 Å². The molecule has 0 aliphatic heterocycles. The molecule has 0 aromatic heterocycles. The van der Waals surface area contributed by atoms with Crippen LogP contribution in [0, 0.1) is 0 Å². The van der Waals surface area contributed by atoms with Gasteiger partial charge < -0.3 is 5.11 Å². The monoisotopic (exact) mass is 382 g/mol. The Bertz CT molecular complexity index is 769. The second-order valence-corrected chi connectivity index (χ2v) is 5.30. The van der Waals surface area contributed by atoms with E-state index in [-0.39, 0.29) is 22.4 Å². The Kier molecular flexibility index (Phi) is 5.17. The van der Waals surface area contributed by atoms with Gasteiger partial charge in [-0.15, -0.1) is 0 Å². The van der Waals surface area contributed by atoms with E-state index in [4.69, 9.17) is 11.6 Å². The molecular weight excluding hydrogens is 374 g/mol. The highest BCUT2D eigenvalue weighted by atomic mass is 35.5. The molecule has 0 unspecified atom stereocenters. The molecule has 0 spiro atoms. The maximum Gasteiger partial charge on any atom is 0.416 e. The van der Waals surface area contributed by atoms with Gasteiger partial charge >= 0.3 is 12.4 Å². The van der Waals surface area contributed by atoms with E-state index in [1.54, 1.807) is 0 Å². The summed E-state index contributed by atoms with van der Waals surface area (Å²) in [4.78, 5) is 0. The lowest BCUT2D eigenvalue weighted by molar-refractivity contribution is -0.143. The molecule has 0 atom stereocenters. The largest absolute Gasteiger partial charge is 0.507 e. The molecule has 2 aromatic rings. The fraction of sp³-hybridized carbons (Fsp3) is 0.133. The van der Waals surface area contributed by atoms with E-state index >= 15 is 0 Å². The summed E-state index contributed by atoms with van der Waals surface area (Å²) in [5, 5.41) is 13.4. The van der Waals surface area contributed by atoms with Gasteiger partial charge in [-0.05, 0) is 36.4 Å². The molecular formula is C15H9ClF6N2O. The van der Waals surface area contributed by atoms with Crippen molar-refractivity contribution in [2.45, 2.75) is 12.4 Å². The van der Waals surface area contributed by atoms with Crippen molar-refractivity contribution in [1.29, 1.82) is 0 Å². The molecule has 2 rings (SSSR count). The molecule has 0 amide bonds. The van der Waals surface area contributed by atoms with Crippen LogP contribution in [0.4, 0.5) is 32.0 Å². The molecule has 3 nitrogen and oxygen atoms in total. The molecule has 0 saturated carbocycles. The van der Waals surface area contributed by atoms with Crippen molar-refractivity contribution in [3.05, 3.63) is 58.1 Å². The first kappa shape index (κ1) is 18.9. The predicted molar refractivity (Wildman–Crippen MR) is 80.8 cm³/mol. The third kappa shape index (κ3) is 5.02. The number of phenols is 1. The van der Waals surface area contributed by atoms with Crippen molar-refractivity contribution in [3.8, 4) is 5.75 Å². The molecule has 2 N–H and O–H groups in total. The number of hydrogen-bond acceptors (Lipinski definition) is 3. The van der Waals surface area contributed by atoms with Gasteiger partial charge in [-0.3, -0.25) is 5.43 Å². The number of anilines is 1. The number of alkyl halides is 6. The van der Waals surface area contributed by atoms with Crippen molar-refractivity contribution >= 4 is 23.5 Å². The Balaban J connectivity index is 2.32. The highest BCUT2D eigenvalue weighted by molar-refractivity contribution is 6.30. The summed E-state index contributed by atoms with van der Waals surface area (Å²) in [6, 6.07) is 4.96. The molecule has 134 valence electrons. The Morgan fingerprint density at radius 2 is 1.48 bits per heavy atom. The normalized spacial score (nSPS) is 12.6. The number of phenolic OH excluding ortho intramolecular Hbond substituents is 1. The van der Waals surface area contributed by atoms with Gasteiger partial charge in [0.15, 0.2) is 0 Å². The topological polar surface area (TPSA) is 44.6 Å². The molecule has 0 fully saturated rings. The third-order valence-electron chi connectivity index (χ3n) is 2.97. The van der Waals surface area contributed by atoms with E-state index in [1.807, 2.05) is 0 Å². The maximum atomic E-state index is 12.7. The van der Waals surface area contributed by atoms with Crippen molar-refractivity contribution < 1.29 is 31.4 Å². The summed E-state index contributed by atoms with van der Waals surface area (Å²) in [6.07, 6.45) is -8.89. The van der Waals surface area contributed by atoms with Gasteiger partial charge in [0.05, 0.1) is 23.0 Å². The van der Waals surface area contributed by atoms with Crippen LogP contribution in [-0.4, -0.2) is 11.3 Å². The van der Waals surface area contributed by atoms with Gasteiger partial charge in [0.1, 0.15) is 5.75 Å². The lowest BCUT2D eigenvalue weighted by atomic mass is 10.1. The van der Waals surface area contributed by atoms with Gasteiger partial charge in [0.2, 0.25) is 0 Å². The van der Waals surface area contributed by atoms with E-state index < -0.39 is 29.2 Å². The van der Waals surface area contributed by atoms with Crippen molar-refractivity contribution in [2.75, 3.05) is 5.43 Å². The Labute approximate surface area is 142 Å². The smallest absolute Gasteiger partial charge is 0.416 e. The number of rotatable bonds is 3. The molecule has 0 aliphatic rings. The first-order valence-electron chi connectivity index (χ1n) is 6.54. The number of aromatic hydroxyl groups is 1. The van der Waals surface area contributed by atoms with Crippen LogP contribution in [0.15, 0.2) is 41.5 Å². The third-order valence-corrected chi connectivity index (χ3v) is 3.21. The Morgan fingerprint density at radius 1 is 0.920 bits per heavy atom. The van der Waals surface area contributed by atoms with Crippen LogP contribution in [0.25, 0.3) is 0 Å². The van der Waals surface area contributed by atoms with Gasteiger partial charge in [-0.2, -0.15) is 31.4 Å². The van der Waals surface area contributed by atoms with E-state index in [9.17, 15) is 31.4 Å². The Morgan fingerprint density at radius 3 is 2.00 bits per heavy atom. The number of benzene rings is 2. The zero-order valence-electron chi connectivity index (χ0n) is 12.1. The van der Waals surface area contributed by atoms with Crippen LogP contribution in [0.3, 0.4) is 0 Å².